The molecule has 0 aliphatic carbocycles. The summed E-state index contributed by atoms with van der Waals surface area (Å²) in [5, 5.41) is 27.7. The fraction of sp³-hybridized carbons (Fsp3) is 1.00. The molecule has 4 nitrogen and oxygen atoms in total. The molecule has 0 aliphatic rings. The van der Waals surface area contributed by atoms with Gasteiger partial charge in [0.1, 0.15) is 19.8 Å². The molecule has 3 N–H and O–H groups in total. The van der Waals surface area contributed by atoms with E-state index >= 15 is 0 Å². The third kappa shape index (κ3) is 2.02. The summed E-state index contributed by atoms with van der Waals surface area (Å²) in [5.74, 6) is 0. The standard InChI is InChI=1S/C9H22NO3/c1-4-10(3,5-2)9(6-11,7-12)8-13/h11-13H,4-8H2,1-3H3/q+1. The van der Waals surface area contributed by atoms with Crippen molar-refractivity contribution in [1.29, 1.82) is 0 Å². The van der Waals surface area contributed by atoms with Crippen LogP contribution in [0, 0.1) is 0 Å². The molecular formula is C9H22NO3+. The number of aliphatic hydroxyl groups excluding tert-OH is 3. The second-order valence-corrected chi connectivity index (χ2v) is 3.73. The zero-order valence-corrected chi connectivity index (χ0v) is 8.82. The third-order valence-electron chi connectivity index (χ3n) is 3.42. The highest BCUT2D eigenvalue weighted by Gasteiger charge is 2.45. The van der Waals surface area contributed by atoms with Crippen LogP contribution in [0.25, 0.3) is 0 Å². The van der Waals surface area contributed by atoms with Gasteiger partial charge in [-0.25, -0.2) is 0 Å². The van der Waals surface area contributed by atoms with Gasteiger partial charge in [0.25, 0.3) is 0 Å². The minimum absolute atomic E-state index is 0.196. The first-order valence-corrected chi connectivity index (χ1v) is 4.73. The van der Waals surface area contributed by atoms with Gasteiger partial charge in [0, 0.05) is 0 Å². The van der Waals surface area contributed by atoms with E-state index in [1.807, 2.05) is 20.9 Å². The summed E-state index contributed by atoms with van der Waals surface area (Å²) in [4.78, 5) is 0. The number of likely N-dealkylation sites (N-methyl/N-ethyl adjacent to an activating group) is 1. The van der Waals surface area contributed by atoms with Crippen molar-refractivity contribution in [2.75, 3.05) is 40.0 Å². The maximum atomic E-state index is 9.24. The van der Waals surface area contributed by atoms with Crippen LogP contribution in [0.4, 0.5) is 0 Å². The summed E-state index contributed by atoms with van der Waals surface area (Å²) in [6.45, 7) is 4.93. The highest BCUT2D eigenvalue weighted by Crippen LogP contribution is 2.21. The van der Waals surface area contributed by atoms with E-state index < -0.39 is 5.54 Å². The molecule has 0 fully saturated rings. The van der Waals surface area contributed by atoms with Gasteiger partial charge in [0.2, 0.25) is 0 Å². The number of rotatable bonds is 6. The van der Waals surface area contributed by atoms with Crippen molar-refractivity contribution in [2.24, 2.45) is 0 Å². The van der Waals surface area contributed by atoms with Crippen LogP contribution in [0.3, 0.4) is 0 Å². The average Bonchev–Trinajstić information content (AvgIpc) is 2.20. The molecule has 0 atom stereocenters. The Hall–Kier alpha value is -0.160. The van der Waals surface area contributed by atoms with Crippen LogP contribution in [0.2, 0.25) is 0 Å². The second-order valence-electron chi connectivity index (χ2n) is 3.73. The van der Waals surface area contributed by atoms with Crippen LogP contribution >= 0.6 is 0 Å². The Balaban J connectivity index is 4.87. The molecule has 0 rings (SSSR count). The van der Waals surface area contributed by atoms with E-state index in [-0.39, 0.29) is 19.8 Å². The summed E-state index contributed by atoms with van der Waals surface area (Å²) < 4.78 is 0.483. The molecule has 0 heterocycles. The molecule has 0 saturated heterocycles. The molecule has 0 radical (unpaired) electrons. The van der Waals surface area contributed by atoms with Crippen molar-refractivity contribution in [3.63, 3.8) is 0 Å². The van der Waals surface area contributed by atoms with E-state index in [4.69, 9.17) is 0 Å². The first-order chi connectivity index (χ1) is 6.05. The Morgan fingerprint density at radius 3 is 1.31 bits per heavy atom. The largest absolute Gasteiger partial charge is 0.390 e. The summed E-state index contributed by atoms with van der Waals surface area (Å²) in [6, 6.07) is 0. The lowest BCUT2D eigenvalue weighted by Gasteiger charge is -2.47. The maximum absolute atomic E-state index is 9.24. The molecule has 0 aromatic carbocycles. The molecule has 80 valence electrons. The molecule has 0 saturated carbocycles. The van der Waals surface area contributed by atoms with Crippen LogP contribution in [0.15, 0.2) is 0 Å². The maximum Gasteiger partial charge on any atom is 0.169 e. The molecule has 0 aromatic rings. The van der Waals surface area contributed by atoms with E-state index in [1.165, 1.54) is 0 Å². The van der Waals surface area contributed by atoms with E-state index in [9.17, 15) is 15.3 Å². The lowest BCUT2D eigenvalue weighted by atomic mass is 9.97. The molecule has 0 unspecified atom stereocenters. The Morgan fingerprint density at radius 2 is 1.23 bits per heavy atom. The van der Waals surface area contributed by atoms with Gasteiger partial charge in [-0.3, -0.25) is 0 Å². The normalized spacial score (nSPS) is 13.4. The summed E-state index contributed by atoms with van der Waals surface area (Å²) in [6.07, 6.45) is 0. The van der Waals surface area contributed by atoms with Crippen molar-refractivity contribution >= 4 is 0 Å². The van der Waals surface area contributed by atoms with Crippen LogP contribution in [-0.2, 0) is 0 Å². The SMILES string of the molecule is CC[N+](C)(CC)C(CO)(CO)CO. The highest BCUT2D eigenvalue weighted by molar-refractivity contribution is 4.79. The van der Waals surface area contributed by atoms with E-state index in [0.29, 0.717) is 4.48 Å². The van der Waals surface area contributed by atoms with Crippen LogP contribution in [0.1, 0.15) is 13.8 Å². The van der Waals surface area contributed by atoms with Crippen molar-refractivity contribution in [2.45, 2.75) is 19.4 Å². The summed E-state index contributed by atoms with van der Waals surface area (Å²) in [5.41, 5.74) is -0.816. The fourth-order valence-electron chi connectivity index (χ4n) is 1.56. The summed E-state index contributed by atoms with van der Waals surface area (Å²) >= 11 is 0. The molecule has 4 heteroatoms. The summed E-state index contributed by atoms with van der Waals surface area (Å²) in [7, 11) is 1.93. The lowest BCUT2D eigenvalue weighted by Crippen LogP contribution is -2.68. The van der Waals surface area contributed by atoms with Gasteiger partial charge in [-0.1, -0.05) is 0 Å². The molecule has 13 heavy (non-hydrogen) atoms. The molecule has 0 aromatic heterocycles. The first kappa shape index (κ1) is 12.8. The topological polar surface area (TPSA) is 60.7 Å². The van der Waals surface area contributed by atoms with Crippen LogP contribution in [0.5, 0.6) is 0 Å². The smallest absolute Gasteiger partial charge is 0.169 e. The van der Waals surface area contributed by atoms with Gasteiger partial charge in [0.15, 0.2) is 5.54 Å². The molecule has 0 aliphatic heterocycles. The minimum Gasteiger partial charge on any atom is -0.390 e. The van der Waals surface area contributed by atoms with Crippen LogP contribution < -0.4 is 0 Å². The van der Waals surface area contributed by atoms with Gasteiger partial charge in [-0.15, -0.1) is 0 Å². The van der Waals surface area contributed by atoms with Gasteiger partial charge in [0.05, 0.1) is 20.1 Å². The fourth-order valence-corrected chi connectivity index (χ4v) is 1.56. The quantitative estimate of drug-likeness (QED) is 0.482. The van der Waals surface area contributed by atoms with Crippen molar-refractivity contribution in [3.8, 4) is 0 Å². The predicted molar refractivity (Wildman–Crippen MR) is 51.3 cm³/mol. The monoisotopic (exact) mass is 192 g/mol. The molecular weight excluding hydrogens is 170 g/mol. The zero-order chi connectivity index (χ0) is 10.5. The predicted octanol–water partition coefficient (Wildman–Crippen LogP) is -0.811. The molecule has 0 spiro atoms. The second kappa shape index (κ2) is 4.91. The van der Waals surface area contributed by atoms with Gasteiger partial charge in [-0.05, 0) is 13.8 Å². The van der Waals surface area contributed by atoms with Crippen molar-refractivity contribution < 1.29 is 19.8 Å². The number of hydrogen-bond acceptors (Lipinski definition) is 3. The first-order valence-electron chi connectivity index (χ1n) is 4.73. The number of nitrogens with zero attached hydrogens (tertiary/aromatic N) is 1. The zero-order valence-electron chi connectivity index (χ0n) is 8.82. The van der Waals surface area contributed by atoms with Crippen LogP contribution in [-0.4, -0.2) is 65.3 Å². The van der Waals surface area contributed by atoms with Gasteiger partial charge in [-0.2, -0.15) is 0 Å². The van der Waals surface area contributed by atoms with Gasteiger partial charge >= 0.3 is 0 Å². The van der Waals surface area contributed by atoms with E-state index in [1.54, 1.807) is 0 Å². The lowest BCUT2D eigenvalue weighted by molar-refractivity contribution is -0.958. The number of hydrogen-bond donors (Lipinski definition) is 3. The number of aliphatic hydroxyl groups is 3. The van der Waals surface area contributed by atoms with Gasteiger partial charge < -0.3 is 19.8 Å². The third-order valence-corrected chi connectivity index (χ3v) is 3.42. The Labute approximate surface area is 80.0 Å². The van der Waals surface area contributed by atoms with E-state index in [2.05, 4.69) is 0 Å². The van der Waals surface area contributed by atoms with E-state index in [0.717, 1.165) is 13.1 Å². The Kier molecular flexibility index (Phi) is 4.85. The Morgan fingerprint density at radius 1 is 0.923 bits per heavy atom. The van der Waals surface area contributed by atoms with Crippen molar-refractivity contribution in [1.82, 2.24) is 0 Å². The number of quaternary nitrogens is 1. The Bertz CT molecular complexity index is 134. The minimum atomic E-state index is -0.816. The molecule has 0 amide bonds. The highest BCUT2D eigenvalue weighted by atomic mass is 16.3. The average molecular weight is 192 g/mol. The molecule has 0 bridgehead atoms. The van der Waals surface area contributed by atoms with Crippen molar-refractivity contribution in [3.05, 3.63) is 0 Å².